The molecule has 0 N–H and O–H groups in total. The van der Waals surface area contributed by atoms with Gasteiger partial charge in [-0.05, 0) is 61.1 Å². The third kappa shape index (κ3) is 3.96. The summed E-state index contributed by atoms with van der Waals surface area (Å²) in [5.74, 6) is 1.40. The number of ether oxygens (including phenoxy) is 2. The van der Waals surface area contributed by atoms with Crippen molar-refractivity contribution in [3.05, 3.63) is 29.8 Å². The van der Waals surface area contributed by atoms with Gasteiger partial charge in [-0.15, -0.1) is 0 Å². The minimum atomic E-state index is 0.178. The maximum absolute atomic E-state index is 6.12. The predicted molar refractivity (Wildman–Crippen MR) is 113 cm³/mol. The Hall–Kier alpha value is -1.02. The molecule has 3 unspecified atom stereocenters. The third-order valence-electron chi connectivity index (χ3n) is 7.27. The number of rotatable bonds is 12. The van der Waals surface area contributed by atoms with Crippen molar-refractivity contribution in [1.29, 1.82) is 0 Å². The Labute approximate surface area is 162 Å². The zero-order chi connectivity index (χ0) is 19.8. The normalized spacial score (nSPS) is 16.8. The van der Waals surface area contributed by atoms with Crippen molar-refractivity contribution in [3.63, 3.8) is 0 Å². The minimum Gasteiger partial charge on any atom is -0.497 e. The van der Waals surface area contributed by atoms with Crippen molar-refractivity contribution in [3.8, 4) is 5.75 Å². The molecule has 2 nitrogen and oxygen atoms in total. The molecule has 0 radical (unpaired) electrons. The van der Waals surface area contributed by atoms with Crippen LogP contribution < -0.4 is 4.74 Å². The maximum atomic E-state index is 6.12. The van der Waals surface area contributed by atoms with Crippen LogP contribution >= 0.6 is 0 Å². The van der Waals surface area contributed by atoms with Crippen molar-refractivity contribution >= 4 is 0 Å². The molecule has 0 amide bonds. The van der Waals surface area contributed by atoms with Crippen LogP contribution in [0.1, 0.15) is 91.5 Å². The topological polar surface area (TPSA) is 18.5 Å². The van der Waals surface area contributed by atoms with Crippen molar-refractivity contribution in [1.82, 2.24) is 0 Å². The molecule has 1 aromatic carbocycles. The summed E-state index contributed by atoms with van der Waals surface area (Å²) >= 11 is 0. The lowest BCUT2D eigenvalue weighted by Gasteiger charge is -2.57. The summed E-state index contributed by atoms with van der Waals surface area (Å²) in [5.41, 5.74) is 1.76. The van der Waals surface area contributed by atoms with Crippen LogP contribution in [0, 0.1) is 10.8 Å². The van der Waals surface area contributed by atoms with Crippen LogP contribution in [0.4, 0.5) is 0 Å². The van der Waals surface area contributed by atoms with Gasteiger partial charge in [-0.2, -0.15) is 0 Å². The molecule has 3 atom stereocenters. The number of methoxy groups -OCH3 is 2. The molecule has 0 heterocycles. The van der Waals surface area contributed by atoms with Crippen molar-refractivity contribution in [2.24, 2.45) is 10.8 Å². The molecule has 0 aliphatic heterocycles. The lowest BCUT2D eigenvalue weighted by atomic mass is 9.49. The molecule has 0 bridgehead atoms. The average Bonchev–Trinajstić information content (AvgIpc) is 2.69. The predicted octanol–water partition coefficient (Wildman–Crippen LogP) is 7.23. The van der Waals surface area contributed by atoms with Crippen LogP contribution in [0.5, 0.6) is 5.75 Å². The van der Waals surface area contributed by atoms with Gasteiger partial charge in [-0.25, -0.2) is 0 Å². The Morgan fingerprint density at radius 3 is 1.96 bits per heavy atom. The zero-order valence-corrected chi connectivity index (χ0v) is 18.5. The van der Waals surface area contributed by atoms with Gasteiger partial charge in [0.15, 0.2) is 0 Å². The van der Waals surface area contributed by atoms with Gasteiger partial charge >= 0.3 is 0 Å². The standard InChI is InChI=1S/C24H42O2/c1-9-17-24(13-5,22(10-2)26-8)23(11-3,12-4)19(6)20-15-14-16-21(18-20)25-7/h14-16,18-19,22H,9-13,17H2,1-8H3. The van der Waals surface area contributed by atoms with E-state index in [1.807, 2.05) is 13.2 Å². The van der Waals surface area contributed by atoms with E-state index < -0.39 is 0 Å². The number of benzene rings is 1. The van der Waals surface area contributed by atoms with E-state index in [9.17, 15) is 0 Å². The summed E-state index contributed by atoms with van der Waals surface area (Å²) in [4.78, 5) is 0. The fraction of sp³-hybridized carbons (Fsp3) is 0.750. The molecule has 0 aromatic heterocycles. The van der Waals surface area contributed by atoms with Crippen LogP contribution in [-0.2, 0) is 4.74 Å². The van der Waals surface area contributed by atoms with Crippen molar-refractivity contribution in [2.45, 2.75) is 92.1 Å². The molecular weight excluding hydrogens is 320 g/mol. The van der Waals surface area contributed by atoms with E-state index in [1.165, 1.54) is 18.4 Å². The van der Waals surface area contributed by atoms with Crippen LogP contribution in [0.25, 0.3) is 0 Å². The van der Waals surface area contributed by atoms with Crippen LogP contribution in [0.15, 0.2) is 24.3 Å². The Bertz CT molecular complexity index is 517. The monoisotopic (exact) mass is 362 g/mol. The van der Waals surface area contributed by atoms with E-state index in [4.69, 9.17) is 9.47 Å². The number of hydrogen-bond acceptors (Lipinski definition) is 2. The molecule has 1 aromatic rings. The first kappa shape index (κ1) is 23.0. The highest BCUT2D eigenvalue weighted by Gasteiger charge is 2.54. The molecule has 0 saturated heterocycles. The molecule has 150 valence electrons. The molecule has 0 aliphatic rings. The van der Waals surface area contributed by atoms with Gasteiger partial charge < -0.3 is 9.47 Å². The molecule has 0 fully saturated rings. The molecule has 26 heavy (non-hydrogen) atoms. The average molecular weight is 363 g/mol. The fourth-order valence-electron chi connectivity index (χ4n) is 5.94. The summed E-state index contributed by atoms with van der Waals surface area (Å²) < 4.78 is 11.6. The largest absolute Gasteiger partial charge is 0.497 e. The third-order valence-corrected chi connectivity index (χ3v) is 7.27. The van der Waals surface area contributed by atoms with E-state index in [0.717, 1.165) is 31.4 Å². The van der Waals surface area contributed by atoms with Gasteiger partial charge in [0.25, 0.3) is 0 Å². The summed E-state index contributed by atoms with van der Waals surface area (Å²) in [6.07, 6.45) is 7.25. The van der Waals surface area contributed by atoms with E-state index >= 15 is 0 Å². The van der Waals surface area contributed by atoms with Crippen molar-refractivity contribution in [2.75, 3.05) is 14.2 Å². The minimum absolute atomic E-state index is 0.178. The van der Waals surface area contributed by atoms with E-state index in [1.54, 1.807) is 7.11 Å². The first-order chi connectivity index (χ1) is 12.5. The highest BCUT2D eigenvalue weighted by atomic mass is 16.5. The Morgan fingerprint density at radius 1 is 0.923 bits per heavy atom. The first-order valence-corrected chi connectivity index (χ1v) is 10.6. The zero-order valence-electron chi connectivity index (χ0n) is 18.5. The summed E-state index contributed by atoms with van der Waals surface area (Å²) in [5, 5.41) is 0. The molecule has 2 heteroatoms. The summed E-state index contributed by atoms with van der Waals surface area (Å²) in [6, 6.07) is 8.67. The Morgan fingerprint density at radius 2 is 1.54 bits per heavy atom. The van der Waals surface area contributed by atoms with Gasteiger partial charge in [-0.1, -0.05) is 60.1 Å². The van der Waals surface area contributed by atoms with Gasteiger partial charge in [-0.3, -0.25) is 0 Å². The van der Waals surface area contributed by atoms with E-state index in [2.05, 4.69) is 59.7 Å². The van der Waals surface area contributed by atoms with E-state index in [-0.39, 0.29) is 10.8 Å². The van der Waals surface area contributed by atoms with Gasteiger partial charge in [0.05, 0.1) is 13.2 Å². The summed E-state index contributed by atoms with van der Waals surface area (Å²) in [7, 11) is 3.66. The molecule has 0 spiro atoms. The fourth-order valence-corrected chi connectivity index (χ4v) is 5.94. The van der Waals surface area contributed by atoms with Gasteiger partial charge in [0.1, 0.15) is 5.75 Å². The lowest BCUT2D eigenvalue weighted by Crippen LogP contribution is -2.52. The lowest BCUT2D eigenvalue weighted by molar-refractivity contribution is -0.123. The smallest absolute Gasteiger partial charge is 0.119 e. The second kappa shape index (κ2) is 10.3. The molecular formula is C24H42O2. The Balaban J connectivity index is 3.59. The SMILES string of the molecule is CCCC(CC)(C(CC)OC)C(CC)(CC)C(C)c1cccc(OC)c1. The second-order valence-electron chi connectivity index (χ2n) is 7.75. The summed E-state index contributed by atoms with van der Waals surface area (Å²) in [6.45, 7) is 14.1. The Kier molecular flexibility index (Phi) is 9.16. The number of hydrogen-bond donors (Lipinski definition) is 0. The van der Waals surface area contributed by atoms with Gasteiger partial charge in [0, 0.05) is 12.5 Å². The van der Waals surface area contributed by atoms with Crippen LogP contribution in [0.2, 0.25) is 0 Å². The van der Waals surface area contributed by atoms with Crippen LogP contribution in [0.3, 0.4) is 0 Å². The molecule has 0 aliphatic carbocycles. The first-order valence-electron chi connectivity index (χ1n) is 10.6. The van der Waals surface area contributed by atoms with Crippen molar-refractivity contribution < 1.29 is 9.47 Å². The quantitative estimate of drug-likeness (QED) is 0.390. The van der Waals surface area contributed by atoms with Crippen LogP contribution in [-0.4, -0.2) is 20.3 Å². The highest BCUT2D eigenvalue weighted by molar-refractivity contribution is 5.32. The molecule has 1 rings (SSSR count). The highest BCUT2D eigenvalue weighted by Crippen LogP contribution is 2.60. The molecule has 0 saturated carbocycles. The van der Waals surface area contributed by atoms with E-state index in [0.29, 0.717) is 12.0 Å². The maximum Gasteiger partial charge on any atom is 0.119 e. The second-order valence-corrected chi connectivity index (χ2v) is 7.75. The van der Waals surface area contributed by atoms with Gasteiger partial charge in [0.2, 0.25) is 0 Å².